The van der Waals surface area contributed by atoms with Gasteiger partial charge in [-0.15, -0.1) is 0 Å². The van der Waals surface area contributed by atoms with Gasteiger partial charge in [0.1, 0.15) is 11.5 Å². The topological polar surface area (TPSA) is 13.1 Å². The van der Waals surface area contributed by atoms with Gasteiger partial charge in [-0.25, -0.2) is 0 Å². The molecule has 70 valence electrons. The van der Waals surface area contributed by atoms with E-state index in [0.29, 0.717) is 5.92 Å². The Labute approximate surface area is 79.4 Å². The highest BCUT2D eigenvalue weighted by molar-refractivity contribution is 5.60. The number of rotatable bonds is 1. The first-order valence-corrected chi connectivity index (χ1v) is 4.99. The van der Waals surface area contributed by atoms with Gasteiger partial charge in [-0.2, -0.15) is 0 Å². The van der Waals surface area contributed by atoms with Crippen molar-refractivity contribution in [1.82, 2.24) is 0 Å². The summed E-state index contributed by atoms with van der Waals surface area (Å²) in [5, 5.41) is 0. The van der Waals surface area contributed by atoms with E-state index >= 15 is 0 Å². The number of allylic oxidation sites excluding steroid dienone is 1. The van der Waals surface area contributed by atoms with Crippen molar-refractivity contribution in [2.75, 3.05) is 0 Å². The Balaban J connectivity index is 2.56. The number of hydrogen-bond acceptors (Lipinski definition) is 1. The molecule has 0 unspecified atom stereocenters. The van der Waals surface area contributed by atoms with E-state index in [-0.39, 0.29) is 0 Å². The maximum Gasteiger partial charge on any atom is 0.111 e. The van der Waals surface area contributed by atoms with E-state index in [1.165, 1.54) is 16.9 Å². The summed E-state index contributed by atoms with van der Waals surface area (Å²) in [6.45, 7) is 6.52. The zero-order chi connectivity index (χ0) is 9.42. The van der Waals surface area contributed by atoms with E-state index < -0.39 is 0 Å². The summed E-state index contributed by atoms with van der Waals surface area (Å²) in [4.78, 5) is 0. The van der Waals surface area contributed by atoms with Crippen molar-refractivity contribution in [3.05, 3.63) is 28.7 Å². The summed E-state index contributed by atoms with van der Waals surface area (Å²) in [5.41, 5.74) is 2.74. The van der Waals surface area contributed by atoms with Gasteiger partial charge in [-0.3, -0.25) is 0 Å². The quantitative estimate of drug-likeness (QED) is 0.636. The molecule has 0 aliphatic heterocycles. The van der Waals surface area contributed by atoms with Gasteiger partial charge in [0.25, 0.3) is 0 Å². The fourth-order valence-corrected chi connectivity index (χ4v) is 2.14. The van der Waals surface area contributed by atoms with Crippen LogP contribution >= 0.6 is 0 Å². The van der Waals surface area contributed by atoms with Crippen LogP contribution in [-0.4, -0.2) is 0 Å². The lowest BCUT2D eigenvalue weighted by atomic mass is 9.94. The van der Waals surface area contributed by atoms with E-state index in [0.717, 1.165) is 18.6 Å². The molecule has 0 N–H and O–H groups in total. The van der Waals surface area contributed by atoms with E-state index in [1.54, 1.807) is 0 Å². The molecule has 0 aromatic carbocycles. The lowest BCUT2D eigenvalue weighted by Gasteiger charge is -2.07. The van der Waals surface area contributed by atoms with Crippen molar-refractivity contribution >= 4 is 6.08 Å². The van der Waals surface area contributed by atoms with Crippen LogP contribution in [0.15, 0.2) is 10.5 Å². The largest absolute Gasteiger partial charge is 0.465 e. The standard InChI is InChI=1S/C12H16O/c1-8(2)12-9(3)13-11-7-5-4-6-10(11)12/h4,6,8H,5,7H2,1-3H3. The van der Waals surface area contributed by atoms with Gasteiger partial charge in [0.05, 0.1) is 0 Å². The normalized spacial score (nSPS) is 15.1. The van der Waals surface area contributed by atoms with Crippen molar-refractivity contribution in [3.8, 4) is 0 Å². The van der Waals surface area contributed by atoms with Crippen molar-refractivity contribution in [2.24, 2.45) is 0 Å². The van der Waals surface area contributed by atoms with Crippen LogP contribution in [0.2, 0.25) is 0 Å². The number of furan rings is 1. The smallest absolute Gasteiger partial charge is 0.111 e. The second-order valence-electron chi connectivity index (χ2n) is 4.00. The van der Waals surface area contributed by atoms with E-state index in [9.17, 15) is 0 Å². The molecule has 0 saturated heterocycles. The van der Waals surface area contributed by atoms with Crippen LogP contribution in [0.3, 0.4) is 0 Å². The van der Waals surface area contributed by atoms with Gasteiger partial charge in [0.15, 0.2) is 0 Å². The fraction of sp³-hybridized carbons (Fsp3) is 0.500. The predicted octanol–water partition coefficient (Wildman–Crippen LogP) is 3.67. The van der Waals surface area contributed by atoms with Gasteiger partial charge >= 0.3 is 0 Å². The Hall–Kier alpha value is -0.980. The van der Waals surface area contributed by atoms with Gasteiger partial charge in [0, 0.05) is 17.5 Å². The van der Waals surface area contributed by atoms with Crippen LogP contribution in [-0.2, 0) is 6.42 Å². The minimum absolute atomic E-state index is 0.565. The van der Waals surface area contributed by atoms with Crippen LogP contribution in [0.5, 0.6) is 0 Å². The highest BCUT2D eigenvalue weighted by Crippen LogP contribution is 2.32. The maximum absolute atomic E-state index is 5.75. The van der Waals surface area contributed by atoms with Crippen molar-refractivity contribution in [1.29, 1.82) is 0 Å². The van der Waals surface area contributed by atoms with Crippen LogP contribution < -0.4 is 0 Å². The molecule has 0 saturated carbocycles. The molecule has 13 heavy (non-hydrogen) atoms. The summed E-state index contributed by atoms with van der Waals surface area (Å²) in [5.74, 6) is 2.85. The van der Waals surface area contributed by atoms with Gasteiger partial charge < -0.3 is 4.42 Å². The number of hydrogen-bond donors (Lipinski definition) is 0. The summed E-state index contributed by atoms with van der Waals surface area (Å²) in [6.07, 6.45) is 6.64. The zero-order valence-corrected chi connectivity index (χ0v) is 8.55. The lowest BCUT2D eigenvalue weighted by molar-refractivity contribution is 0.478. The first kappa shape index (κ1) is 8.61. The second kappa shape index (κ2) is 3.06. The third kappa shape index (κ3) is 1.32. The molecule has 1 heterocycles. The Morgan fingerprint density at radius 2 is 2.15 bits per heavy atom. The first-order chi connectivity index (χ1) is 6.20. The molecule has 0 fully saturated rings. The molecular weight excluding hydrogens is 160 g/mol. The van der Waals surface area contributed by atoms with E-state index in [2.05, 4.69) is 32.9 Å². The molecule has 1 aromatic heterocycles. The fourth-order valence-electron chi connectivity index (χ4n) is 2.14. The molecule has 1 heteroatoms. The van der Waals surface area contributed by atoms with Crippen LogP contribution in [0.4, 0.5) is 0 Å². The average molecular weight is 176 g/mol. The Kier molecular flexibility index (Phi) is 2.03. The molecule has 0 spiro atoms. The molecule has 1 aromatic rings. The molecule has 1 nitrogen and oxygen atoms in total. The molecule has 0 bridgehead atoms. The average Bonchev–Trinajstić information content (AvgIpc) is 2.39. The summed E-state index contributed by atoms with van der Waals surface area (Å²) in [6, 6.07) is 0. The minimum atomic E-state index is 0.565. The molecule has 2 rings (SSSR count). The van der Waals surface area contributed by atoms with Crippen molar-refractivity contribution < 1.29 is 4.42 Å². The van der Waals surface area contributed by atoms with Gasteiger partial charge in [0.2, 0.25) is 0 Å². The Morgan fingerprint density at radius 1 is 1.38 bits per heavy atom. The van der Waals surface area contributed by atoms with Gasteiger partial charge in [-0.1, -0.05) is 26.0 Å². The molecular formula is C12H16O. The Bertz CT molecular complexity index is 342. The van der Waals surface area contributed by atoms with Crippen molar-refractivity contribution in [2.45, 2.75) is 39.5 Å². The monoisotopic (exact) mass is 176 g/mol. The molecule has 1 aliphatic rings. The summed E-state index contributed by atoms with van der Waals surface area (Å²) in [7, 11) is 0. The minimum Gasteiger partial charge on any atom is -0.465 e. The summed E-state index contributed by atoms with van der Waals surface area (Å²) >= 11 is 0. The number of fused-ring (bicyclic) bond motifs is 1. The first-order valence-electron chi connectivity index (χ1n) is 4.99. The van der Waals surface area contributed by atoms with Crippen molar-refractivity contribution in [3.63, 3.8) is 0 Å². The maximum atomic E-state index is 5.75. The third-order valence-electron chi connectivity index (χ3n) is 2.65. The number of aryl methyl sites for hydroxylation is 2. The van der Waals surface area contributed by atoms with E-state index in [4.69, 9.17) is 4.42 Å². The highest BCUT2D eigenvalue weighted by Gasteiger charge is 2.19. The predicted molar refractivity (Wildman–Crippen MR) is 54.9 cm³/mol. The lowest BCUT2D eigenvalue weighted by Crippen LogP contribution is -1.94. The zero-order valence-electron chi connectivity index (χ0n) is 8.55. The molecule has 0 atom stereocenters. The van der Waals surface area contributed by atoms with Crippen LogP contribution in [0.25, 0.3) is 6.08 Å². The molecule has 0 radical (unpaired) electrons. The highest BCUT2D eigenvalue weighted by atomic mass is 16.3. The summed E-state index contributed by atoms with van der Waals surface area (Å²) < 4.78 is 5.75. The molecule has 1 aliphatic carbocycles. The SMILES string of the molecule is Cc1oc2c(c1C(C)C)C=CCC2. The van der Waals surface area contributed by atoms with E-state index in [1.807, 2.05) is 0 Å². The van der Waals surface area contributed by atoms with Gasteiger partial charge in [-0.05, 0) is 19.3 Å². The third-order valence-corrected chi connectivity index (χ3v) is 2.65. The van der Waals surface area contributed by atoms with Crippen LogP contribution in [0, 0.1) is 6.92 Å². The Morgan fingerprint density at radius 3 is 2.85 bits per heavy atom. The van der Waals surface area contributed by atoms with Crippen LogP contribution in [0.1, 0.15) is 48.8 Å². The second-order valence-corrected chi connectivity index (χ2v) is 4.00. The molecule has 0 amide bonds.